The molecule has 2 atom stereocenters. The average Bonchev–Trinajstić information content (AvgIpc) is 2.95. The van der Waals surface area contributed by atoms with Gasteiger partial charge in [0.05, 0.1) is 12.2 Å². The number of fused-ring (bicyclic) bond motifs is 1. The van der Waals surface area contributed by atoms with Crippen LogP contribution >= 0.6 is 0 Å². The third-order valence-corrected chi connectivity index (χ3v) is 5.24. The molecular weight excluding hydrogens is 432 g/mol. The summed E-state index contributed by atoms with van der Waals surface area (Å²) in [6, 6.07) is -0.704. The van der Waals surface area contributed by atoms with Gasteiger partial charge in [0.1, 0.15) is 0 Å². The Bertz CT molecular complexity index is 872. The molecule has 0 saturated carbocycles. The molecule has 1 unspecified atom stereocenters. The van der Waals surface area contributed by atoms with Gasteiger partial charge in [-0.2, -0.15) is 26.3 Å². The number of hydrogen-bond acceptors (Lipinski definition) is 5. The molecule has 2 amide bonds. The van der Waals surface area contributed by atoms with E-state index in [0.29, 0.717) is 13.0 Å². The number of aromatic nitrogens is 2. The van der Waals surface area contributed by atoms with E-state index in [-0.39, 0.29) is 37.8 Å². The lowest BCUT2D eigenvalue weighted by Crippen LogP contribution is -2.44. The van der Waals surface area contributed by atoms with Crippen LogP contribution < -0.4 is 5.73 Å². The molecule has 3 heterocycles. The first-order valence-electron chi connectivity index (χ1n) is 9.61. The largest absolute Gasteiger partial charge is 0.451 e. The standard InChI is InChI=1S/C18H21F6N5O2/c1-9-4-13(30)29(6-9)7-10(25)5-14(31)28-3-2-11-12(8-28)26-16(18(22,23)24)27-15(11)17(19,20)21/h9-10H,2-8,25H2,1H3/t9?,10-/m0/s1. The highest BCUT2D eigenvalue weighted by molar-refractivity contribution is 5.79. The monoisotopic (exact) mass is 453 g/mol. The second-order valence-electron chi connectivity index (χ2n) is 7.95. The fourth-order valence-corrected chi connectivity index (χ4v) is 3.85. The first-order valence-corrected chi connectivity index (χ1v) is 9.61. The summed E-state index contributed by atoms with van der Waals surface area (Å²) >= 11 is 0. The fourth-order valence-electron chi connectivity index (χ4n) is 3.85. The summed E-state index contributed by atoms with van der Waals surface area (Å²) in [7, 11) is 0. The molecule has 0 bridgehead atoms. The van der Waals surface area contributed by atoms with Crippen LogP contribution in [0, 0.1) is 5.92 Å². The van der Waals surface area contributed by atoms with E-state index in [1.807, 2.05) is 6.92 Å². The number of nitrogens with zero attached hydrogens (tertiary/aromatic N) is 4. The van der Waals surface area contributed by atoms with Crippen molar-refractivity contribution in [1.82, 2.24) is 19.8 Å². The van der Waals surface area contributed by atoms with E-state index in [9.17, 15) is 35.9 Å². The lowest BCUT2D eigenvalue weighted by atomic mass is 10.0. The molecular formula is C18H21F6N5O2. The maximum atomic E-state index is 13.2. The molecule has 31 heavy (non-hydrogen) atoms. The minimum absolute atomic E-state index is 0.0710. The van der Waals surface area contributed by atoms with Gasteiger partial charge in [0.15, 0.2) is 5.69 Å². The van der Waals surface area contributed by atoms with Crippen molar-refractivity contribution in [3.05, 3.63) is 22.8 Å². The normalized spacial score (nSPS) is 20.8. The topological polar surface area (TPSA) is 92.4 Å². The van der Waals surface area contributed by atoms with Crippen LogP contribution in [0.15, 0.2) is 0 Å². The Labute approximate surface area is 173 Å². The van der Waals surface area contributed by atoms with Crippen molar-refractivity contribution >= 4 is 11.8 Å². The summed E-state index contributed by atoms with van der Waals surface area (Å²) < 4.78 is 78.7. The number of likely N-dealkylation sites (tertiary alicyclic amines) is 1. The minimum atomic E-state index is -5.16. The van der Waals surface area contributed by atoms with Crippen LogP contribution in [-0.4, -0.2) is 57.3 Å². The van der Waals surface area contributed by atoms with E-state index in [0.717, 1.165) is 4.90 Å². The van der Waals surface area contributed by atoms with Crippen LogP contribution in [0.25, 0.3) is 0 Å². The summed E-state index contributed by atoms with van der Waals surface area (Å²) in [6.07, 6.45) is -10.4. The van der Waals surface area contributed by atoms with Crippen molar-refractivity contribution in [2.75, 3.05) is 19.6 Å². The minimum Gasteiger partial charge on any atom is -0.341 e. The Hall–Kier alpha value is -2.44. The number of halogens is 6. The van der Waals surface area contributed by atoms with Crippen molar-refractivity contribution in [2.24, 2.45) is 11.7 Å². The van der Waals surface area contributed by atoms with Gasteiger partial charge < -0.3 is 15.5 Å². The van der Waals surface area contributed by atoms with Crippen molar-refractivity contribution in [2.45, 2.75) is 51.1 Å². The molecule has 0 aromatic carbocycles. The van der Waals surface area contributed by atoms with Gasteiger partial charge in [0.25, 0.3) is 0 Å². The average molecular weight is 453 g/mol. The molecule has 2 aliphatic rings. The molecule has 1 fully saturated rings. The number of amides is 2. The Kier molecular flexibility index (Phi) is 6.18. The summed E-state index contributed by atoms with van der Waals surface area (Å²) in [4.78, 5) is 33.0. The zero-order valence-corrected chi connectivity index (χ0v) is 16.6. The second kappa shape index (κ2) is 8.24. The van der Waals surface area contributed by atoms with Gasteiger partial charge in [-0.25, -0.2) is 9.97 Å². The van der Waals surface area contributed by atoms with Crippen LogP contribution in [0.3, 0.4) is 0 Å². The van der Waals surface area contributed by atoms with Gasteiger partial charge in [-0.15, -0.1) is 0 Å². The SMILES string of the molecule is CC1CC(=O)N(C[C@@H](N)CC(=O)N2CCc3c(nc(C(F)(F)F)nc3C(F)(F)F)C2)C1. The molecule has 2 N–H and O–H groups in total. The molecule has 2 aliphatic heterocycles. The zero-order chi connectivity index (χ0) is 23.1. The summed E-state index contributed by atoms with van der Waals surface area (Å²) in [5.41, 5.74) is 3.41. The Balaban J connectivity index is 1.73. The highest BCUT2D eigenvalue weighted by atomic mass is 19.4. The van der Waals surface area contributed by atoms with E-state index in [1.165, 1.54) is 0 Å². The van der Waals surface area contributed by atoms with E-state index in [1.54, 1.807) is 4.90 Å². The number of nitrogens with two attached hydrogens (primary N) is 1. The fraction of sp³-hybridized carbons (Fsp3) is 0.667. The number of rotatable bonds is 4. The molecule has 3 rings (SSSR count). The Morgan fingerprint density at radius 1 is 1.19 bits per heavy atom. The predicted molar refractivity (Wildman–Crippen MR) is 94.1 cm³/mol. The van der Waals surface area contributed by atoms with Crippen LogP contribution in [-0.2, 0) is 34.9 Å². The van der Waals surface area contributed by atoms with E-state index in [4.69, 9.17) is 5.73 Å². The molecule has 0 spiro atoms. The number of hydrogen-bond donors (Lipinski definition) is 1. The van der Waals surface area contributed by atoms with E-state index >= 15 is 0 Å². The van der Waals surface area contributed by atoms with Crippen LogP contribution in [0.2, 0.25) is 0 Å². The van der Waals surface area contributed by atoms with Crippen LogP contribution in [0.4, 0.5) is 26.3 Å². The molecule has 1 aromatic heterocycles. The molecule has 7 nitrogen and oxygen atoms in total. The molecule has 1 aromatic rings. The number of alkyl halides is 6. The predicted octanol–water partition coefficient (Wildman–Crippen LogP) is 1.98. The maximum absolute atomic E-state index is 13.2. The molecule has 172 valence electrons. The van der Waals surface area contributed by atoms with Crippen molar-refractivity contribution in [1.29, 1.82) is 0 Å². The number of carbonyl (C=O) groups is 2. The summed E-state index contributed by atoms with van der Waals surface area (Å²) in [6.45, 7) is 1.95. The van der Waals surface area contributed by atoms with Gasteiger partial charge >= 0.3 is 12.4 Å². The van der Waals surface area contributed by atoms with Gasteiger partial charge in [0.2, 0.25) is 17.6 Å². The Morgan fingerprint density at radius 2 is 1.87 bits per heavy atom. The lowest BCUT2D eigenvalue weighted by molar-refractivity contribution is -0.153. The summed E-state index contributed by atoms with van der Waals surface area (Å²) in [5, 5.41) is 0. The van der Waals surface area contributed by atoms with Gasteiger partial charge in [0, 0.05) is 44.1 Å². The first-order chi connectivity index (χ1) is 14.3. The smallest absolute Gasteiger partial charge is 0.341 e. The second-order valence-corrected chi connectivity index (χ2v) is 7.95. The van der Waals surface area contributed by atoms with Crippen molar-refractivity contribution in [3.8, 4) is 0 Å². The van der Waals surface area contributed by atoms with Crippen LogP contribution in [0.1, 0.15) is 42.5 Å². The van der Waals surface area contributed by atoms with Crippen molar-refractivity contribution < 1.29 is 35.9 Å². The number of carbonyl (C=O) groups excluding carboxylic acids is 2. The third-order valence-electron chi connectivity index (χ3n) is 5.24. The van der Waals surface area contributed by atoms with Crippen molar-refractivity contribution in [3.63, 3.8) is 0 Å². The molecule has 0 aliphatic carbocycles. The van der Waals surface area contributed by atoms with Gasteiger partial charge in [-0.05, 0) is 12.3 Å². The highest BCUT2D eigenvalue weighted by Crippen LogP contribution is 2.36. The summed E-state index contributed by atoms with van der Waals surface area (Å²) in [5.74, 6) is -2.32. The van der Waals surface area contributed by atoms with E-state index < -0.39 is 53.6 Å². The zero-order valence-electron chi connectivity index (χ0n) is 16.6. The van der Waals surface area contributed by atoms with Crippen LogP contribution in [0.5, 0.6) is 0 Å². The molecule has 1 saturated heterocycles. The Morgan fingerprint density at radius 3 is 2.42 bits per heavy atom. The molecule has 13 heteroatoms. The maximum Gasteiger partial charge on any atom is 0.451 e. The van der Waals surface area contributed by atoms with Gasteiger partial charge in [-0.1, -0.05) is 6.92 Å². The highest BCUT2D eigenvalue weighted by Gasteiger charge is 2.43. The lowest BCUT2D eigenvalue weighted by Gasteiger charge is -2.31. The van der Waals surface area contributed by atoms with E-state index in [2.05, 4.69) is 9.97 Å². The first kappa shape index (κ1) is 23.2. The third kappa shape index (κ3) is 5.25. The van der Waals surface area contributed by atoms with Gasteiger partial charge in [-0.3, -0.25) is 9.59 Å². The quantitative estimate of drug-likeness (QED) is 0.704. The molecule has 0 radical (unpaired) electrons.